The Hall–Kier alpha value is 0.130. The summed E-state index contributed by atoms with van der Waals surface area (Å²) in [5.41, 5.74) is 0. The summed E-state index contributed by atoms with van der Waals surface area (Å²) < 4.78 is 11.5. The Balaban J connectivity index is 0.00000200. The van der Waals surface area contributed by atoms with Crippen LogP contribution in [0.2, 0.25) is 0 Å². The average molecular weight is 308 g/mol. The molecule has 2 aliphatic rings. The van der Waals surface area contributed by atoms with E-state index in [1.54, 1.807) is 0 Å². The van der Waals surface area contributed by atoms with Crippen molar-refractivity contribution in [2.45, 2.75) is 70.4 Å². The summed E-state index contributed by atoms with van der Waals surface area (Å²) in [4.78, 5) is 2.29. The molecule has 0 bridgehead atoms. The first kappa shape index (κ1) is 18.2. The van der Waals surface area contributed by atoms with Crippen LogP contribution >= 0.6 is 12.4 Å². The fourth-order valence-electron chi connectivity index (χ4n) is 3.26. The number of aliphatic hydroxyl groups is 1. The SMILES string of the molecule is CC1CN(CC(O)COC2CCCCC2)CC(C)O1.Cl. The normalized spacial score (nSPS) is 30.8. The van der Waals surface area contributed by atoms with E-state index in [0.717, 1.165) is 13.1 Å². The smallest absolute Gasteiger partial charge is 0.0900 e. The largest absolute Gasteiger partial charge is 0.389 e. The lowest BCUT2D eigenvalue weighted by atomic mass is 9.98. The molecule has 2 fully saturated rings. The van der Waals surface area contributed by atoms with E-state index in [2.05, 4.69) is 18.7 Å². The summed E-state index contributed by atoms with van der Waals surface area (Å²) in [5, 5.41) is 10.1. The maximum Gasteiger partial charge on any atom is 0.0900 e. The molecule has 0 spiro atoms. The number of halogens is 1. The third-order valence-electron chi connectivity index (χ3n) is 4.04. The number of ether oxygens (including phenoxy) is 2. The van der Waals surface area contributed by atoms with Crippen LogP contribution in [0.3, 0.4) is 0 Å². The summed E-state index contributed by atoms with van der Waals surface area (Å²) in [7, 11) is 0. The summed E-state index contributed by atoms with van der Waals surface area (Å²) in [6.07, 6.45) is 6.75. The third kappa shape index (κ3) is 6.27. The summed E-state index contributed by atoms with van der Waals surface area (Å²) in [6, 6.07) is 0. The number of hydrogen-bond acceptors (Lipinski definition) is 4. The molecule has 1 saturated heterocycles. The predicted octanol–water partition coefficient (Wildman–Crippen LogP) is 2.23. The highest BCUT2D eigenvalue weighted by molar-refractivity contribution is 5.85. The van der Waals surface area contributed by atoms with E-state index < -0.39 is 0 Å². The Labute approximate surface area is 129 Å². The van der Waals surface area contributed by atoms with E-state index >= 15 is 0 Å². The first-order valence-electron chi connectivity index (χ1n) is 7.81. The molecule has 20 heavy (non-hydrogen) atoms. The summed E-state index contributed by atoms with van der Waals surface area (Å²) >= 11 is 0. The molecule has 1 aliphatic carbocycles. The van der Waals surface area contributed by atoms with Crippen molar-refractivity contribution in [2.24, 2.45) is 0 Å². The van der Waals surface area contributed by atoms with Gasteiger partial charge in [-0.15, -0.1) is 12.4 Å². The second-order valence-corrected chi connectivity index (χ2v) is 6.22. The van der Waals surface area contributed by atoms with Gasteiger partial charge in [0.1, 0.15) is 0 Å². The molecule has 3 atom stereocenters. The highest BCUT2D eigenvalue weighted by Gasteiger charge is 2.24. The van der Waals surface area contributed by atoms with Crippen molar-refractivity contribution >= 4 is 12.4 Å². The number of hydrogen-bond donors (Lipinski definition) is 1. The minimum absolute atomic E-state index is 0. The minimum Gasteiger partial charge on any atom is -0.389 e. The molecule has 4 nitrogen and oxygen atoms in total. The van der Waals surface area contributed by atoms with E-state index in [9.17, 15) is 5.11 Å². The van der Waals surface area contributed by atoms with Gasteiger partial charge in [-0.3, -0.25) is 4.90 Å². The number of morpholine rings is 1. The highest BCUT2D eigenvalue weighted by Crippen LogP contribution is 2.20. The lowest BCUT2D eigenvalue weighted by molar-refractivity contribution is -0.0873. The van der Waals surface area contributed by atoms with Crippen molar-refractivity contribution in [2.75, 3.05) is 26.2 Å². The summed E-state index contributed by atoms with van der Waals surface area (Å²) in [6.45, 7) is 7.17. The molecular formula is C15H30ClNO3. The first-order valence-corrected chi connectivity index (χ1v) is 7.81. The Kier molecular flexibility index (Phi) is 8.37. The van der Waals surface area contributed by atoms with Crippen LogP contribution in [0, 0.1) is 0 Å². The van der Waals surface area contributed by atoms with Crippen molar-refractivity contribution in [1.29, 1.82) is 0 Å². The number of nitrogens with zero attached hydrogens (tertiary/aromatic N) is 1. The van der Waals surface area contributed by atoms with Gasteiger partial charge in [-0.1, -0.05) is 19.3 Å². The molecule has 1 aliphatic heterocycles. The molecular weight excluding hydrogens is 278 g/mol. The van der Waals surface area contributed by atoms with Crippen molar-refractivity contribution in [1.82, 2.24) is 4.90 Å². The third-order valence-corrected chi connectivity index (χ3v) is 4.04. The van der Waals surface area contributed by atoms with Gasteiger partial charge in [0.05, 0.1) is 31.0 Å². The predicted molar refractivity (Wildman–Crippen MR) is 82.5 cm³/mol. The minimum atomic E-state index is -0.376. The van der Waals surface area contributed by atoms with Gasteiger partial charge < -0.3 is 14.6 Å². The molecule has 0 aromatic carbocycles. The number of β-amino-alcohol motifs (C(OH)–C–C–N with tert-alkyl or cyclic N) is 1. The Morgan fingerprint density at radius 1 is 1.15 bits per heavy atom. The first-order chi connectivity index (χ1) is 9.13. The average Bonchev–Trinajstić information content (AvgIpc) is 2.36. The molecule has 0 radical (unpaired) electrons. The van der Waals surface area contributed by atoms with Gasteiger partial charge in [-0.25, -0.2) is 0 Å². The monoisotopic (exact) mass is 307 g/mol. The molecule has 0 aromatic rings. The molecule has 0 aromatic heterocycles. The van der Waals surface area contributed by atoms with Gasteiger partial charge in [-0.2, -0.15) is 0 Å². The van der Waals surface area contributed by atoms with Crippen molar-refractivity contribution in [3.8, 4) is 0 Å². The van der Waals surface area contributed by atoms with Gasteiger partial charge in [0.25, 0.3) is 0 Å². The maximum absolute atomic E-state index is 10.1. The lowest BCUT2D eigenvalue weighted by Crippen LogP contribution is -2.48. The Morgan fingerprint density at radius 2 is 1.75 bits per heavy atom. The van der Waals surface area contributed by atoms with Gasteiger partial charge in [0.2, 0.25) is 0 Å². The van der Waals surface area contributed by atoms with E-state index in [4.69, 9.17) is 9.47 Å². The van der Waals surface area contributed by atoms with Gasteiger partial charge in [0.15, 0.2) is 0 Å². The quantitative estimate of drug-likeness (QED) is 0.846. The number of rotatable bonds is 5. The molecule has 120 valence electrons. The molecule has 2 rings (SSSR count). The van der Waals surface area contributed by atoms with Crippen molar-refractivity contribution in [3.05, 3.63) is 0 Å². The fourth-order valence-corrected chi connectivity index (χ4v) is 3.26. The second kappa shape index (κ2) is 9.21. The van der Waals surface area contributed by atoms with Gasteiger partial charge in [-0.05, 0) is 26.7 Å². The van der Waals surface area contributed by atoms with Crippen LogP contribution < -0.4 is 0 Å². The molecule has 3 unspecified atom stereocenters. The van der Waals surface area contributed by atoms with E-state index in [1.165, 1.54) is 32.1 Å². The zero-order chi connectivity index (χ0) is 13.7. The molecule has 1 saturated carbocycles. The highest BCUT2D eigenvalue weighted by atomic mass is 35.5. The summed E-state index contributed by atoms with van der Waals surface area (Å²) in [5.74, 6) is 0. The van der Waals surface area contributed by atoms with Crippen LogP contribution in [0.4, 0.5) is 0 Å². The van der Waals surface area contributed by atoms with Crippen LogP contribution in [-0.2, 0) is 9.47 Å². The van der Waals surface area contributed by atoms with E-state index in [1.807, 2.05) is 0 Å². The Bertz CT molecular complexity index is 252. The van der Waals surface area contributed by atoms with Crippen LogP contribution in [0.25, 0.3) is 0 Å². The van der Waals surface area contributed by atoms with E-state index in [0.29, 0.717) is 19.3 Å². The molecule has 5 heteroatoms. The Morgan fingerprint density at radius 3 is 2.35 bits per heavy atom. The molecule has 0 amide bonds. The molecule has 1 N–H and O–H groups in total. The second-order valence-electron chi connectivity index (χ2n) is 6.22. The van der Waals surface area contributed by atoms with Crippen molar-refractivity contribution < 1.29 is 14.6 Å². The number of aliphatic hydroxyl groups excluding tert-OH is 1. The van der Waals surface area contributed by atoms with Crippen molar-refractivity contribution in [3.63, 3.8) is 0 Å². The fraction of sp³-hybridized carbons (Fsp3) is 1.00. The van der Waals surface area contributed by atoms with Crippen LogP contribution in [0.15, 0.2) is 0 Å². The van der Waals surface area contributed by atoms with Crippen LogP contribution in [0.1, 0.15) is 46.0 Å². The lowest BCUT2D eigenvalue weighted by Gasteiger charge is -2.36. The van der Waals surface area contributed by atoms with Crippen LogP contribution in [-0.4, -0.2) is 60.7 Å². The molecule has 1 heterocycles. The van der Waals surface area contributed by atoms with E-state index in [-0.39, 0.29) is 30.7 Å². The topological polar surface area (TPSA) is 41.9 Å². The van der Waals surface area contributed by atoms with Gasteiger partial charge >= 0.3 is 0 Å². The van der Waals surface area contributed by atoms with Gasteiger partial charge in [0, 0.05) is 19.6 Å². The van der Waals surface area contributed by atoms with Crippen LogP contribution in [0.5, 0.6) is 0 Å². The zero-order valence-corrected chi connectivity index (χ0v) is 13.6. The standard InChI is InChI=1S/C15H29NO3.ClH/c1-12-8-16(9-13(2)19-12)10-14(17)11-18-15-6-4-3-5-7-15;/h12-15,17H,3-11H2,1-2H3;1H. The zero-order valence-electron chi connectivity index (χ0n) is 12.8. The maximum atomic E-state index is 10.1.